The number of carbonyl (C=O) groups is 1. The van der Waals surface area contributed by atoms with Gasteiger partial charge in [0.25, 0.3) is 0 Å². The first-order valence-corrected chi connectivity index (χ1v) is 9.47. The molecule has 5 nitrogen and oxygen atoms in total. The summed E-state index contributed by atoms with van der Waals surface area (Å²) in [5, 5.41) is 3.50. The molecule has 2 aromatic rings. The number of benzene rings is 2. The minimum atomic E-state index is -0.211. The van der Waals surface area contributed by atoms with E-state index in [1.807, 2.05) is 18.2 Å². The number of anilines is 1. The van der Waals surface area contributed by atoms with E-state index in [1.165, 1.54) is 0 Å². The van der Waals surface area contributed by atoms with E-state index in [0.29, 0.717) is 28.0 Å². The van der Waals surface area contributed by atoms with Gasteiger partial charge in [0.15, 0.2) is 11.5 Å². The zero-order chi connectivity index (χ0) is 17.4. The minimum absolute atomic E-state index is 0.0903. The molecule has 0 saturated carbocycles. The molecule has 2 aromatic carbocycles. The monoisotopic (exact) mass is 396 g/mol. The van der Waals surface area contributed by atoms with Crippen LogP contribution < -0.4 is 14.8 Å². The van der Waals surface area contributed by atoms with Crippen LogP contribution in [0.15, 0.2) is 36.4 Å². The van der Waals surface area contributed by atoms with Crippen LogP contribution in [0.5, 0.6) is 11.5 Å². The quantitative estimate of drug-likeness (QED) is 0.775. The van der Waals surface area contributed by atoms with E-state index in [2.05, 4.69) is 5.32 Å². The SMILES string of the molecule is O=C(Nc1cccc(Cl)c1Cl)N1CCS[C@@H]1c1ccc2c(c1)OCO2. The van der Waals surface area contributed by atoms with Gasteiger partial charge in [-0.3, -0.25) is 0 Å². The summed E-state index contributed by atoms with van der Waals surface area (Å²) in [6.45, 7) is 0.877. The average Bonchev–Trinajstić information content (AvgIpc) is 3.27. The first-order chi connectivity index (χ1) is 12.1. The van der Waals surface area contributed by atoms with Crippen molar-refractivity contribution in [1.82, 2.24) is 4.90 Å². The Kier molecular flexibility index (Phi) is 4.58. The maximum absolute atomic E-state index is 12.7. The fraction of sp³-hybridized carbons (Fsp3) is 0.235. The first kappa shape index (κ1) is 16.7. The van der Waals surface area contributed by atoms with Crippen molar-refractivity contribution in [3.8, 4) is 11.5 Å². The van der Waals surface area contributed by atoms with Crippen molar-refractivity contribution in [3.63, 3.8) is 0 Å². The van der Waals surface area contributed by atoms with E-state index in [4.69, 9.17) is 32.7 Å². The predicted octanol–water partition coefficient (Wildman–Crippen LogP) is 5.00. The van der Waals surface area contributed by atoms with Crippen molar-refractivity contribution in [3.05, 3.63) is 52.0 Å². The summed E-state index contributed by atoms with van der Waals surface area (Å²) >= 11 is 13.9. The number of hydrogen-bond acceptors (Lipinski definition) is 4. The zero-order valence-electron chi connectivity index (χ0n) is 13.0. The van der Waals surface area contributed by atoms with Crippen LogP contribution in [0.3, 0.4) is 0 Å². The van der Waals surface area contributed by atoms with E-state index in [1.54, 1.807) is 34.9 Å². The molecule has 0 radical (unpaired) electrons. The highest BCUT2D eigenvalue weighted by Crippen LogP contribution is 2.42. The van der Waals surface area contributed by atoms with Gasteiger partial charge in [-0.2, -0.15) is 0 Å². The van der Waals surface area contributed by atoms with Crippen molar-refractivity contribution < 1.29 is 14.3 Å². The lowest BCUT2D eigenvalue weighted by atomic mass is 10.2. The summed E-state index contributed by atoms with van der Waals surface area (Å²) in [5.41, 5.74) is 1.50. The minimum Gasteiger partial charge on any atom is -0.454 e. The Labute approximate surface area is 159 Å². The number of nitrogens with zero attached hydrogens (tertiary/aromatic N) is 1. The van der Waals surface area contributed by atoms with Crippen LogP contribution in [-0.4, -0.2) is 30.0 Å². The predicted molar refractivity (Wildman–Crippen MR) is 100.0 cm³/mol. The van der Waals surface area contributed by atoms with Gasteiger partial charge in [-0.1, -0.05) is 35.3 Å². The molecule has 1 N–H and O–H groups in total. The van der Waals surface area contributed by atoms with Crippen LogP contribution in [0.2, 0.25) is 10.0 Å². The third kappa shape index (κ3) is 3.21. The molecule has 0 unspecified atom stereocenters. The molecule has 2 heterocycles. The van der Waals surface area contributed by atoms with E-state index >= 15 is 0 Å². The van der Waals surface area contributed by atoms with Crippen molar-refractivity contribution in [2.24, 2.45) is 0 Å². The molecule has 0 aliphatic carbocycles. The van der Waals surface area contributed by atoms with Crippen LogP contribution >= 0.6 is 35.0 Å². The van der Waals surface area contributed by atoms with Crippen LogP contribution in [0, 0.1) is 0 Å². The van der Waals surface area contributed by atoms with Crippen molar-refractivity contribution in [2.45, 2.75) is 5.37 Å². The molecule has 1 saturated heterocycles. The molecule has 2 aliphatic rings. The number of nitrogens with one attached hydrogen (secondary N) is 1. The lowest BCUT2D eigenvalue weighted by molar-refractivity contribution is 0.174. The van der Waals surface area contributed by atoms with Crippen molar-refractivity contribution in [2.75, 3.05) is 24.4 Å². The molecule has 130 valence electrons. The first-order valence-electron chi connectivity index (χ1n) is 7.66. The number of carbonyl (C=O) groups excluding carboxylic acids is 1. The number of ether oxygens (including phenoxy) is 2. The molecule has 1 atom stereocenters. The fourth-order valence-corrected chi connectivity index (χ4v) is 4.40. The molecule has 8 heteroatoms. The molecule has 0 bridgehead atoms. The zero-order valence-corrected chi connectivity index (χ0v) is 15.3. The molecule has 1 fully saturated rings. The van der Waals surface area contributed by atoms with Gasteiger partial charge < -0.3 is 19.7 Å². The smallest absolute Gasteiger partial charge is 0.323 e. The van der Waals surface area contributed by atoms with Gasteiger partial charge >= 0.3 is 6.03 Å². The largest absolute Gasteiger partial charge is 0.454 e. The fourth-order valence-electron chi connectivity index (χ4n) is 2.81. The summed E-state index contributed by atoms with van der Waals surface area (Å²) in [6, 6.07) is 10.7. The molecule has 4 rings (SSSR count). The molecule has 2 aliphatic heterocycles. The average molecular weight is 397 g/mol. The lowest BCUT2D eigenvalue weighted by Gasteiger charge is -2.25. The Balaban J connectivity index is 1.55. The van der Waals surface area contributed by atoms with Gasteiger partial charge in [-0.15, -0.1) is 11.8 Å². The van der Waals surface area contributed by atoms with E-state index in [-0.39, 0.29) is 18.2 Å². The Morgan fingerprint density at radius 3 is 2.92 bits per heavy atom. The Morgan fingerprint density at radius 2 is 2.04 bits per heavy atom. The number of amides is 2. The Morgan fingerprint density at radius 1 is 1.20 bits per heavy atom. The Bertz CT molecular complexity index is 834. The number of halogens is 2. The number of hydrogen-bond donors (Lipinski definition) is 1. The van der Waals surface area contributed by atoms with Crippen LogP contribution in [0.1, 0.15) is 10.9 Å². The molecule has 2 amide bonds. The van der Waals surface area contributed by atoms with Gasteiger partial charge in [0.1, 0.15) is 5.37 Å². The molecule has 0 aromatic heterocycles. The summed E-state index contributed by atoms with van der Waals surface area (Å²) in [5.74, 6) is 2.30. The Hall–Kier alpha value is -1.76. The van der Waals surface area contributed by atoms with Crippen LogP contribution in [0.25, 0.3) is 0 Å². The van der Waals surface area contributed by atoms with Gasteiger partial charge in [-0.05, 0) is 29.8 Å². The van der Waals surface area contributed by atoms with E-state index in [9.17, 15) is 4.79 Å². The second-order valence-electron chi connectivity index (χ2n) is 5.56. The summed E-state index contributed by atoms with van der Waals surface area (Å²) in [6.07, 6.45) is 0. The summed E-state index contributed by atoms with van der Waals surface area (Å²) in [7, 11) is 0. The van der Waals surface area contributed by atoms with E-state index < -0.39 is 0 Å². The molecular formula is C17H14Cl2N2O3S. The summed E-state index contributed by atoms with van der Waals surface area (Å²) in [4.78, 5) is 14.5. The number of fused-ring (bicyclic) bond motifs is 1. The van der Waals surface area contributed by atoms with Gasteiger partial charge in [0.2, 0.25) is 6.79 Å². The number of rotatable bonds is 2. The van der Waals surface area contributed by atoms with Gasteiger partial charge in [0, 0.05) is 12.3 Å². The third-order valence-electron chi connectivity index (χ3n) is 4.03. The normalized spacial score (nSPS) is 18.5. The molecule has 25 heavy (non-hydrogen) atoms. The van der Waals surface area contributed by atoms with Gasteiger partial charge in [-0.25, -0.2) is 4.79 Å². The molecular weight excluding hydrogens is 383 g/mol. The second-order valence-corrected chi connectivity index (χ2v) is 7.53. The highest BCUT2D eigenvalue weighted by atomic mass is 35.5. The maximum Gasteiger partial charge on any atom is 0.323 e. The lowest BCUT2D eigenvalue weighted by Crippen LogP contribution is -2.34. The standard InChI is InChI=1S/C17H14Cl2N2O3S/c18-11-2-1-3-12(15(11)19)20-17(22)21-6-7-25-16(21)10-4-5-13-14(8-10)24-9-23-13/h1-5,8,16H,6-7,9H2,(H,20,22)/t16-/m1/s1. The topological polar surface area (TPSA) is 50.8 Å². The van der Waals surface area contributed by atoms with Crippen LogP contribution in [0.4, 0.5) is 10.5 Å². The highest BCUT2D eigenvalue weighted by Gasteiger charge is 2.32. The van der Waals surface area contributed by atoms with E-state index in [0.717, 1.165) is 17.1 Å². The second kappa shape index (κ2) is 6.86. The highest BCUT2D eigenvalue weighted by molar-refractivity contribution is 7.99. The van der Waals surface area contributed by atoms with Crippen molar-refractivity contribution >= 4 is 46.7 Å². The van der Waals surface area contributed by atoms with Crippen molar-refractivity contribution in [1.29, 1.82) is 0 Å². The molecule has 0 spiro atoms. The van der Waals surface area contributed by atoms with Crippen LogP contribution in [-0.2, 0) is 0 Å². The number of urea groups is 1. The van der Waals surface area contributed by atoms with Gasteiger partial charge in [0.05, 0.1) is 15.7 Å². The third-order valence-corrected chi connectivity index (χ3v) is 6.11. The number of thioether (sulfide) groups is 1. The maximum atomic E-state index is 12.7. The summed E-state index contributed by atoms with van der Waals surface area (Å²) < 4.78 is 10.8.